The largest absolute Gasteiger partial charge is 0.459 e. The molecule has 0 bridgehead atoms. The van der Waals surface area contributed by atoms with Gasteiger partial charge in [-0.15, -0.1) is 0 Å². The number of likely N-dealkylation sites (tertiary alicyclic amines) is 2. The minimum atomic E-state index is -0.113. The van der Waals surface area contributed by atoms with E-state index < -0.39 is 0 Å². The normalized spacial score (nSPS) is 23.8. The van der Waals surface area contributed by atoms with Gasteiger partial charge in [0.1, 0.15) is 0 Å². The third-order valence-corrected chi connectivity index (χ3v) is 5.96. The van der Waals surface area contributed by atoms with Crippen molar-refractivity contribution < 1.29 is 14.0 Å². The van der Waals surface area contributed by atoms with Crippen LogP contribution in [-0.4, -0.2) is 41.2 Å². The SMILES string of the molecule is O=C(c1ccco1)N1CCCC(C(=O)N2CCCC2c2ccsc2)C1. The molecule has 5 nitrogen and oxygen atoms in total. The number of hydrogen-bond acceptors (Lipinski definition) is 4. The van der Waals surface area contributed by atoms with Crippen molar-refractivity contribution in [3.8, 4) is 0 Å². The van der Waals surface area contributed by atoms with Gasteiger partial charge in [0.2, 0.25) is 5.91 Å². The Morgan fingerprint density at radius 1 is 1.16 bits per heavy atom. The number of thiophene rings is 1. The Morgan fingerprint density at radius 2 is 2.04 bits per heavy atom. The molecule has 2 saturated heterocycles. The summed E-state index contributed by atoms with van der Waals surface area (Å²) < 4.78 is 5.22. The minimum Gasteiger partial charge on any atom is -0.459 e. The Kier molecular flexibility index (Phi) is 4.61. The van der Waals surface area contributed by atoms with E-state index in [4.69, 9.17) is 4.42 Å². The van der Waals surface area contributed by atoms with Crippen molar-refractivity contribution in [1.29, 1.82) is 0 Å². The van der Waals surface area contributed by atoms with Crippen LogP contribution in [0.3, 0.4) is 0 Å². The number of hydrogen-bond donors (Lipinski definition) is 0. The molecule has 0 aliphatic carbocycles. The Labute approximate surface area is 151 Å². The standard InChI is InChI=1S/C19H22N2O3S/c22-18(21-9-2-5-16(21)15-7-11-25-13-15)14-4-1-8-20(12-14)19(23)17-6-3-10-24-17/h3,6-7,10-11,13-14,16H,1-2,4-5,8-9,12H2. The molecule has 25 heavy (non-hydrogen) atoms. The summed E-state index contributed by atoms with van der Waals surface area (Å²) in [6.07, 6.45) is 5.31. The van der Waals surface area contributed by atoms with E-state index in [2.05, 4.69) is 16.8 Å². The number of rotatable bonds is 3. The molecule has 2 unspecified atom stereocenters. The number of carbonyl (C=O) groups excluding carboxylic acids is 2. The van der Waals surface area contributed by atoms with E-state index in [0.717, 1.165) is 32.2 Å². The molecular formula is C19H22N2O3S. The van der Waals surface area contributed by atoms with Gasteiger partial charge in [0.25, 0.3) is 5.91 Å². The second-order valence-corrected chi connectivity index (χ2v) is 7.59. The molecule has 4 rings (SSSR count). The Hall–Kier alpha value is -2.08. The molecule has 132 valence electrons. The first-order valence-corrected chi connectivity index (χ1v) is 9.83. The first-order valence-electron chi connectivity index (χ1n) is 8.89. The smallest absolute Gasteiger partial charge is 0.289 e. The summed E-state index contributed by atoms with van der Waals surface area (Å²) in [6.45, 7) is 2.00. The molecule has 4 heterocycles. The van der Waals surface area contributed by atoms with Crippen LogP contribution in [0.2, 0.25) is 0 Å². The van der Waals surface area contributed by atoms with Crippen LogP contribution in [0.4, 0.5) is 0 Å². The van der Waals surface area contributed by atoms with Crippen molar-refractivity contribution in [3.05, 3.63) is 46.5 Å². The van der Waals surface area contributed by atoms with Crippen LogP contribution in [0.5, 0.6) is 0 Å². The minimum absolute atomic E-state index is 0.105. The van der Waals surface area contributed by atoms with Crippen LogP contribution in [0.25, 0.3) is 0 Å². The van der Waals surface area contributed by atoms with E-state index in [1.807, 2.05) is 4.90 Å². The molecule has 2 fully saturated rings. The van der Waals surface area contributed by atoms with Crippen LogP contribution < -0.4 is 0 Å². The maximum absolute atomic E-state index is 13.1. The van der Waals surface area contributed by atoms with Crippen molar-refractivity contribution in [1.82, 2.24) is 9.80 Å². The summed E-state index contributed by atoms with van der Waals surface area (Å²) in [6, 6.07) is 5.72. The van der Waals surface area contributed by atoms with Gasteiger partial charge in [-0.25, -0.2) is 0 Å². The fourth-order valence-electron chi connectivity index (χ4n) is 4.00. The van der Waals surface area contributed by atoms with E-state index in [1.54, 1.807) is 28.4 Å². The van der Waals surface area contributed by atoms with Crippen molar-refractivity contribution in [2.24, 2.45) is 5.92 Å². The maximum atomic E-state index is 13.1. The summed E-state index contributed by atoms with van der Waals surface area (Å²) >= 11 is 1.68. The van der Waals surface area contributed by atoms with Gasteiger partial charge in [-0.1, -0.05) is 0 Å². The van der Waals surface area contributed by atoms with Gasteiger partial charge >= 0.3 is 0 Å². The van der Waals surface area contributed by atoms with Crippen LogP contribution in [0.1, 0.15) is 47.8 Å². The predicted octanol–water partition coefficient (Wildman–Crippen LogP) is 3.56. The highest BCUT2D eigenvalue weighted by Gasteiger charge is 2.37. The summed E-state index contributed by atoms with van der Waals surface area (Å²) in [5.74, 6) is 0.335. The number of nitrogens with zero attached hydrogens (tertiary/aromatic N) is 2. The molecular weight excluding hydrogens is 336 g/mol. The number of furan rings is 1. The third-order valence-electron chi connectivity index (χ3n) is 5.25. The zero-order valence-corrected chi connectivity index (χ0v) is 14.9. The third kappa shape index (κ3) is 3.23. The van der Waals surface area contributed by atoms with Crippen LogP contribution in [0.15, 0.2) is 39.6 Å². The fourth-order valence-corrected chi connectivity index (χ4v) is 4.70. The molecule has 2 aromatic heterocycles. The summed E-state index contributed by atoms with van der Waals surface area (Å²) in [5.41, 5.74) is 1.25. The molecule has 0 aromatic carbocycles. The predicted molar refractivity (Wildman–Crippen MR) is 95.3 cm³/mol. The number of piperidine rings is 1. The average Bonchev–Trinajstić information content (AvgIpc) is 3.42. The van der Waals surface area contributed by atoms with Gasteiger partial charge in [0, 0.05) is 19.6 Å². The highest BCUT2D eigenvalue weighted by atomic mass is 32.1. The van der Waals surface area contributed by atoms with Crippen LogP contribution >= 0.6 is 11.3 Å². The lowest BCUT2D eigenvalue weighted by atomic mass is 9.95. The van der Waals surface area contributed by atoms with E-state index in [0.29, 0.717) is 18.8 Å². The van der Waals surface area contributed by atoms with Gasteiger partial charge in [-0.3, -0.25) is 9.59 Å². The van der Waals surface area contributed by atoms with Gasteiger partial charge in [-0.05, 0) is 60.2 Å². The summed E-state index contributed by atoms with van der Waals surface area (Å²) in [5, 5.41) is 4.21. The van der Waals surface area contributed by atoms with Crippen molar-refractivity contribution >= 4 is 23.2 Å². The lowest BCUT2D eigenvalue weighted by molar-refractivity contribution is -0.138. The van der Waals surface area contributed by atoms with Crippen molar-refractivity contribution in [2.75, 3.05) is 19.6 Å². The zero-order valence-electron chi connectivity index (χ0n) is 14.1. The van der Waals surface area contributed by atoms with E-state index in [1.165, 1.54) is 11.8 Å². The average molecular weight is 358 g/mol. The monoisotopic (exact) mass is 358 g/mol. The van der Waals surface area contributed by atoms with E-state index >= 15 is 0 Å². The van der Waals surface area contributed by atoms with Gasteiger partial charge in [-0.2, -0.15) is 11.3 Å². The van der Waals surface area contributed by atoms with Gasteiger partial charge in [0.05, 0.1) is 18.2 Å². The highest BCUT2D eigenvalue weighted by Crippen LogP contribution is 2.35. The van der Waals surface area contributed by atoms with Crippen LogP contribution in [-0.2, 0) is 4.79 Å². The lowest BCUT2D eigenvalue weighted by Gasteiger charge is -2.35. The van der Waals surface area contributed by atoms with Crippen molar-refractivity contribution in [2.45, 2.75) is 31.7 Å². The lowest BCUT2D eigenvalue weighted by Crippen LogP contribution is -2.46. The van der Waals surface area contributed by atoms with Gasteiger partial charge in [0.15, 0.2) is 5.76 Å². The van der Waals surface area contributed by atoms with E-state index in [9.17, 15) is 9.59 Å². The molecule has 2 aromatic rings. The number of carbonyl (C=O) groups is 2. The molecule has 2 aliphatic heterocycles. The highest BCUT2D eigenvalue weighted by molar-refractivity contribution is 7.08. The summed E-state index contributed by atoms with van der Waals surface area (Å²) in [7, 11) is 0. The molecule has 6 heteroatoms. The zero-order chi connectivity index (χ0) is 17.2. The molecule has 0 radical (unpaired) electrons. The Bertz CT molecular complexity index is 726. The maximum Gasteiger partial charge on any atom is 0.289 e. The molecule has 2 amide bonds. The molecule has 2 atom stereocenters. The quantitative estimate of drug-likeness (QED) is 0.843. The fraction of sp³-hybridized carbons (Fsp3) is 0.474. The second-order valence-electron chi connectivity index (χ2n) is 6.81. The Balaban J connectivity index is 1.45. The first kappa shape index (κ1) is 16.4. The molecule has 0 N–H and O–H groups in total. The topological polar surface area (TPSA) is 53.8 Å². The first-order chi connectivity index (χ1) is 12.2. The molecule has 0 saturated carbocycles. The van der Waals surface area contributed by atoms with Crippen LogP contribution in [0, 0.1) is 5.92 Å². The molecule has 0 spiro atoms. The molecule has 2 aliphatic rings. The second kappa shape index (κ2) is 7.04. The number of amides is 2. The summed E-state index contributed by atoms with van der Waals surface area (Å²) in [4.78, 5) is 29.4. The van der Waals surface area contributed by atoms with E-state index in [-0.39, 0.29) is 23.8 Å². The Morgan fingerprint density at radius 3 is 2.80 bits per heavy atom. The van der Waals surface area contributed by atoms with Gasteiger partial charge < -0.3 is 14.2 Å². The van der Waals surface area contributed by atoms with Crippen molar-refractivity contribution in [3.63, 3.8) is 0 Å².